The van der Waals surface area contributed by atoms with Crippen molar-refractivity contribution in [1.82, 2.24) is 0 Å². The third-order valence-corrected chi connectivity index (χ3v) is 2.91. The minimum atomic E-state index is -0.517. The van der Waals surface area contributed by atoms with Crippen LogP contribution >= 0.6 is 0 Å². The summed E-state index contributed by atoms with van der Waals surface area (Å²) in [6, 6.07) is 7.37. The summed E-state index contributed by atoms with van der Waals surface area (Å²) >= 11 is 0. The highest BCUT2D eigenvalue weighted by atomic mass is 16.6. The Morgan fingerprint density at radius 1 is 1.23 bits per heavy atom. The second kappa shape index (κ2) is 7.82. The number of rotatable bonds is 6. The van der Waals surface area contributed by atoms with Gasteiger partial charge < -0.3 is 14.8 Å². The molecule has 5 nitrogen and oxygen atoms in total. The average molecular weight is 307 g/mol. The molecule has 0 fully saturated rings. The number of ether oxygens (including phenoxy) is 2. The molecule has 1 aromatic rings. The summed E-state index contributed by atoms with van der Waals surface area (Å²) in [5.74, 6) is -1.03. The van der Waals surface area contributed by atoms with E-state index in [1.165, 1.54) is 0 Å². The zero-order valence-electron chi connectivity index (χ0n) is 13.9. The zero-order chi connectivity index (χ0) is 16.8. The van der Waals surface area contributed by atoms with Gasteiger partial charge in [0.15, 0.2) is 0 Å². The molecule has 0 saturated heterocycles. The Kier molecular flexibility index (Phi) is 6.40. The van der Waals surface area contributed by atoms with Crippen molar-refractivity contribution in [3.8, 4) is 0 Å². The summed E-state index contributed by atoms with van der Waals surface area (Å²) in [6.07, 6.45) is 0. The number of carbonyl (C=O) groups excluding carboxylic acids is 2. The van der Waals surface area contributed by atoms with Gasteiger partial charge in [0.2, 0.25) is 0 Å². The van der Waals surface area contributed by atoms with E-state index in [1.54, 1.807) is 13.8 Å². The van der Waals surface area contributed by atoms with Crippen molar-refractivity contribution in [3.63, 3.8) is 0 Å². The van der Waals surface area contributed by atoms with E-state index in [-0.39, 0.29) is 18.5 Å². The van der Waals surface area contributed by atoms with Crippen LogP contribution in [-0.2, 0) is 19.1 Å². The van der Waals surface area contributed by atoms with Gasteiger partial charge in [0.1, 0.15) is 12.1 Å². The van der Waals surface area contributed by atoms with Gasteiger partial charge in [-0.15, -0.1) is 0 Å². The predicted octanol–water partition coefficient (Wildman–Crippen LogP) is 3.11. The molecule has 1 rings (SSSR count). The van der Waals surface area contributed by atoms with Crippen molar-refractivity contribution in [2.24, 2.45) is 0 Å². The Balaban J connectivity index is 2.76. The van der Waals surface area contributed by atoms with Gasteiger partial charge in [-0.25, -0.2) is 0 Å². The molecule has 22 heavy (non-hydrogen) atoms. The number of carbonyl (C=O) groups is 2. The zero-order valence-corrected chi connectivity index (χ0v) is 13.9. The fraction of sp³-hybridized carbons (Fsp3) is 0.529. The van der Waals surface area contributed by atoms with Crippen molar-refractivity contribution < 1.29 is 19.1 Å². The van der Waals surface area contributed by atoms with Gasteiger partial charge in [-0.2, -0.15) is 0 Å². The number of hydrogen-bond acceptors (Lipinski definition) is 5. The molecule has 0 saturated carbocycles. The van der Waals surface area contributed by atoms with Crippen LogP contribution in [0.4, 0.5) is 5.69 Å². The number of esters is 2. The topological polar surface area (TPSA) is 64.6 Å². The second-order valence-corrected chi connectivity index (χ2v) is 6.00. The van der Waals surface area contributed by atoms with Crippen LogP contribution in [0.2, 0.25) is 0 Å². The summed E-state index contributed by atoms with van der Waals surface area (Å²) in [5, 5.41) is 3.03. The Bertz CT molecular complexity index is 520. The third kappa shape index (κ3) is 5.76. The lowest BCUT2D eigenvalue weighted by atomic mass is 9.99. The lowest BCUT2D eigenvalue weighted by molar-refractivity contribution is -0.152. The average Bonchev–Trinajstić information content (AvgIpc) is 2.43. The molecule has 0 radical (unpaired) electrons. The van der Waals surface area contributed by atoms with Gasteiger partial charge in [-0.05, 0) is 46.2 Å². The largest absolute Gasteiger partial charge is 0.466 e. The van der Waals surface area contributed by atoms with E-state index in [9.17, 15) is 9.59 Å². The molecule has 0 heterocycles. The first-order valence-corrected chi connectivity index (χ1v) is 7.46. The van der Waals surface area contributed by atoms with Crippen LogP contribution in [0.5, 0.6) is 0 Å². The molecule has 1 atom stereocenters. The van der Waals surface area contributed by atoms with Gasteiger partial charge in [0, 0.05) is 5.69 Å². The van der Waals surface area contributed by atoms with Crippen molar-refractivity contribution in [2.45, 2.75) is 46.1 Å². The van der Waals surface area contributed by atoms with Gasteiger partial charge >= 0.3 is 11.9 Å². The molecule has 1 N–H and O–H groups in total. The van der Waals surface area contributed by atoms with Gasteiger partial charge in [0.25, 0.3) is 0 Å². The highest BCUT2D eigenvalue weighted by molar-refractivity contribution is 5.81. The first kappa shape index (κ1) is 18.0. The van der Waals surface area contributed by atoms with E-state index in [1.807, 2.05) is 45.0 Å². The van der Waals surface area contributed by atoms with Gasteiger partial charge in [-0.3, -0.25) is 9.59 Å². The van der Waals surface area contributed by atoms with Crippen LogP contribution in [0.3, 0.4) is 0 Å². The molecule has 0 aliphatic rings. The number of hydrogen-bond donors (Lipinski definition) is 1. The Labute approximate surface area is 132 Å². The maximum Gasteiger partial charge on any atom is 0.325 e. The Morgan fingerprint density at radius 2 is 1.86 bits per heavy atom. The summed E-state index contributed by atoms with van der Waals surface area (Å²) < 4.78 is 10.3. The summed E-state index contributed by atoms with van der Waals surface area (Å²) in [4.78, 5) is 23.7. The van der Waals surface area contributed by atoms with Crippen LogP contribution in [0.25, 0.3) is 0 Å². The normalized spacial score (nSPS) is 12.4. The number of benzene rings is 1. The molecule has 0 spiro atoms. The predicted molar refractivity (Wildman–Crippen MR) is 85.8 cm³/mol. The summed E-state index contributed by atoms with van der Waals surface area (Å²) in [6.45, 7) is 9.41. The SMILES string of the molecule is CCOC(=O)[C@H](C)c1ccccc1NCC(=O)OC(C)(C)C. The fourth-order valence-corrected chi connectivity index (χ4v) is 1.97. The van der Waals surface area contributed by atoms with Crippen LogP contribution in [0.15, 0.2) is 24.3 Å². The molecule has 0 bridgehead atoms. The van der Waals surface area contributed by atoms with Crippen molar-refractivity contribution in [1.29, 1.82) is 0 Å². The maximum atomic E-state index is 11.9. The van der Waals surface area contributed by atoms with E-state index >= 15 is 0 Å². The van der Waals surface area contributed by atoms with E-state index in [4.69, 9.17) is 9.47 Å². The Hall–Kier alpha value is -2.04. The maximum absolute atomic E-state index is 11.9. The monoisotopic (exact) mass is 307 g/mol. The lowest BCUT2D eigenvalue weighted by Gasteiger charge is -2.21. The summed E-state index contributed by atoms with van der Waals surface area (Å²) in [5.41, 5.74) is 1.01. The van der Waals surface area contributed by atoms with E-state index in [0.717, 1.165) is 11.3 Å². The Morgan fingerprint density at radius 3 is 2.45 bits per heavy atom. The molecule has 0 aliphatic heterocycles. The molecule has 0 amide bonds. The summed E-state index contributed by atoms with van der Waals surface area (Å²) in [7, 11) is 0. The first-order chi connectivity index (χ1) is 10.2. The van der Waals surface area contributed by atoms with Crippen molar-refractivity contribution in [3.05, 3.63) is 29.8 Å². The van der Waals surface area contributed by atoms with Crippen molar-refractivity contribution in [2.75, 3.05) is 18.5 Å². The van der Waals surface area contributed by atoms with Crippen LogP contribution in [0, 0.1) is 0 Å². The fourth-order valence-electron chi connectivity index (χ4n) is 1.97. The second-order valence-electron chi connectivity index (χ2n) is 6.00. The van der Waals surface area contributed by atoms with Crippen LogP contribution in [0.1, 0.15) is 46.1 Å². The number of nitrogens with one attached hydrogen (secondary N) is 1. The van der Waals surface area contributed by atoms with E-state index in [2.05, 4.69) is 5.32 Å². The minimum absolute atomic E-state index is 0.0455. The first-order valence-electron chi connectivity index (χ1n) is 7.46. The minimum Gasteiger partial charge on any atom is -0.466 e. The molecule has 122 valence electrons. The third-order valence-electron chi connectivity index (χ3n) is 2.91. The van der Waals surface area contributed by atoms with E-state index in [0.29, 0.717) is 6.61 Å². The molecule has 1 aromatic carbocycles. The number of anilines is 1. The van der Waals surface area contributed by atoms with Gasteiger partial charge in [-0.1, -0.05) is 18.2 Å². The standard InChI is InChI=1S/C17H25NO4/c1-6-21-16(20)12(2)13-9-7-8-10-14(13)18-11-15(19)22-17(3,4)5/h7-10,12,18H,6,11H2,1-5H3/t12-/m1/s1. The molecule has 0 aliphatic carbocycles. The quantitative estimate of drug-likeness (QED) is 0.818. The van der Waals surface area contributed by atoms with E-state index < -0.39 is 11.5 Å². The molecule has 0 aromatic heterocycles. The lowest BCUT2D eigenvalue weighted by Crippen LogP contribution is -2.28. The van der Waals surface area contributed by atoms with Crippen LogP contribution in [-0.4, -0.2) is 30.7 Å². The van der Waals surface area contributed by atoms with Gasteiger partial charge in [0.05, 0.1) is 12.5 Å². The molecular weight excluding hydrogens is 282 g/mol. The highest BCUT2D eigenvalue weighted by Crippen LogP contribution is 2.25. The molecule has 0 unspecified atom stereocenters. The van der Waals surface area contributed by atoms with Crippen LogP contribution < -0.4 is 5.32 Å². The number of para-hydroxylation sites is 1. The molecule has 5 heteroatoms. The highest BCUT2D eigenvalue weighted by Gasteiger charge is 2.20. The molecular formula is C17H25NO4. The smallest absolute Gasteiger partial charge is 0.325 e. The van der Waals surface area contributed by atoms with Crippen molar-refractivity contribution >= 4 is 17.6 Å².